The molecule has 0 radical (unpaired) electrons. The third-order valence-corrected chi connectivity index (χ3v) is 4.25. The van der Waals surface area contributed by atoms with Crippen LogP contribution in [0.5, 0.6) is 11.5 Å². The normalized spacial score (nSPS) is 11.3. The summed E-state index contributed by atoms with van der Waals surface area (Å²) in [7, 11) is 1.18. The van der Waals surface area contributed by atoms with Gasteiger partial charge in [-0.1, -0.05) is 23.2 Å². The minimum Gasteiger partial charge on any atom is -0.465 e. The summed E-state index contributed by atoms with van der Waals surface area (Å²) in [5.41, 5.74) is -1.32. The van der Waals surface area contributed by atoms with Gasteiger partial charge in [0, 0.05) is 0 Å². The monoisotopic (exact) mass is 427 g/mol. The Balaban J connectivity index is 2.42. The quantitative estimate of drug-likeness (QED) is 0.533. The smallest absolute Gasteiger partial charge is 0.416 e. The SMILES string of the molecule is COC(=O)c1sccc1Oc1ccc(C(F)(F)F)cc1NC(=O)C(Cl)Cl. The van der Waals surface area contributed by atoms with Gasteiger partial charge < -0.3 is 14.8 Å². The molecule has 1 amide bonds. The predicted octanol–water partition coefficient (Wildman–Crippen LogP) is 5.09. The molecule has 1 aromatic heterocycles. The van der Waals surface area contributed by atoms with Crippen LogP contribution in [0.3, 0.4) is 0 Å². The standard InChI is InChI=1S/C15H10Cl2F3NO4S/c1-24-14(23)11-10(4-5-26-11)25-9-3-2-7(15(18,19)20)6-8(9)21-13(22)12(16)17/h2-6,12H,1H3,(H,21,22). The van der Waals surface area contributed by atoms with Gasteiger partial charge in [0.1, 0.15) is 0 Å². The van der Waals surface area contributed by atoms with Crippen LogP contribution in [0.25, 0.3) is 0 Å². The Hall–Kier alpha value is -1.97. The second-order valence-electron chi connectivity index (χ2n) is 4.71. The lowest BCUT2D eigenvalue weighted by Gasteiger charge is -2.15. The lowest BCUT2D eigenvalue weighted by atomic mass is 10.1. The van der Waals surface area contributed by atoms with Gasteiger partial charge in [-0.05, 0) is 29.6 Å². The molecule has 0 atom stereocenters. The van der Waals surface area contributed by atoms with Gasteiger partial charge in [0.25, 0.3) is 5.91 Å². The molecular weight excluding hydrogens is 418 g/mol. The lowest BCUT2D eigenvalue weighted by molar-refractivity contribution is -0.137. The number of thiophene rings is 1. The first kappa shape index (κ1) is 20.3. The van der Waals surface area contributed by atoms with Crippen LogP contribution in [0.4, 0.5) is 18.9 Å². The lowest BCUT2D eigenvalue weighted by Crippen LogP contribution is -2.19. The largest absolute Gasteiger partial charge is 0.465 e. The van der Waals surface area contributed by atoms with Gasteiger partial charge in [0.05, 0.1) is 18.4 Å². The summed E-state index contributed by atoms with van der Waals surface area (Å²) in [6.07, 6.45) is -4.64. The molecule has 0 unspecified atom stereocenters. The number of carbonyl (C=O) groups excluding carboxylic acids is 2. The zero-order chi connectivity index (χ0) is 19.5. The first-order chi connectivity index (χ1) is 12.1. The Kier molecular flexibility index (Phi) is 6.38. The van der Waals surface area contributed by atoms with Gasteiger partial charge in [-0.2, -0.15) is 13.2 Å². The van der Waals surface area contributed by atoms with Crippen LogP contribution in [0.2, 0.25) is 0 Å². The topological polar surface area (TPSA) is 64.6 Å². The number of rotatable bonds is 5. The molecular formula is C15H10Cl2F3NO4S. The molecule has 0 spiro atoms. The number of nitrogens with one attached hydrogen (secondary N) is 1. The van der Waals surface area contributed by atoms with Gasteiger partial charge in [-0.25, -0.2) is 4.79 Å². The molecule has 0 aliphatic heterocycles. The van der Waals surface area contributed by atoms with Gasteiger partial charge in [0.2, 0.25) is 0 Å². The van der Waals surface area contributed by atoms with E-state index in [2.05, 4.69) is 10.1 Å². The van der Waals surface area contributed by atoms with Gasteiger partial charge >= 0.3 is 12.1 Å². The molecule has 11 heteroatoms. The molecule has 1 N–H and O–H groups in total. The minimum atomic E-state index is -4.64. The average molecular weight is 428 g/mol. The van der Waals surface area contributed by atoms with Crippen LogP contribution in [-0.4, -0.2) is 23.8 Å². The molecule has 1 heterocycles. The summed E-state index contributed by atoms with van der Waals surface area (Å²) < 4.78 is 48.9. The van der Waals surface area contributed by atoms with Crippen molar-refractivity contribution in [2.75, 3.05) is 12.4 Å². The van der Waals surface area contributed by atoms with Crippen molar-refractivity contribution in [1.29, 1.82) is 0 Å². The van der Waals surface area contributed by atoms with E-state index in [0.29, 0.717) is 6.07 Å². The molecule has 1 aromatic carbocycles. The number of hydrogen-bond acceptors (Lipinski definition) is 5. The molecule has 0 fully saturated rings. The summed E-state index contributed by atoms with van der Waals surface area (Å²) in [4.78, 5) is 22.0. The van der Waals surface area contributed by atoms with Crippen molar-refractivity contribution in [3.63, 3.8) is 0 Å². The summed E-state index contributed by atoms with van der Waals surface area (Å²) in [5.74, 6) is -1.68. The highest BCUT2D eigenvalue weighted by Crippen LogP contribution is 2.38. The van der Waals surface area contributed by atoms with E-state index in [1.54, 1.807) is 0 Å². The minimum absolute atomic E-state index is 0.0606. The number of halogens is 5. The number of carbonyl (C=O) groups is 2. The zero-order valence-corrected chi connectivity index (χ0v) is 15.2. The molecule has 0 bridgehead atoms. The van der Waals surface area contributed by atoms with Gasteiger partial charge in [-0.3, -0.25) is 4.79 Å². The summed E-state index contributed by atoms with van der Waals surface area (Å²) >= 11 is 11.9. The molecule has 140 valence electrons. The first-order valence-electron chi connectivity index (χ1n) is 6.77. The summed E-state index contributed by atoms with van der Waals surface area (Å²) in [5, 5.41) is 3.70. The maximum atomic E-state index is 12.9. The van der Waals surface area contributed by atoms with E-state index in [0.717, 1.165) is 23.5 Å². The van der Waals surface area contributed by atoms with Crippen molar-refractivity contribution in [2.24, 2.45) is 0 Å². The Morgan fingerprint density at radius 2 is 1.88 bits per heavy atom. The number of alkyl halides is 5. The van der Waals surface area contributed by atoms with Crippen LogP contribution in [0.1, 0.15) is 15.2 Å². The van der Waals surface area contributed by atoms with Crippen molar-refractivity contribution in [3.8, 4) is 11.5 Å². The fourth-order valence-corrected chi connectivity index (χ4v) is 2.66. The highest BCUT2D eigenvalue weighted by molar-refractivity contribution is 7.12. The summed E-state index contributed by atoms with van der Waals surface area (Å²) in [6, 6.07) is 3.89. The molecule has 2 rings (SSSR count). The van der Waals surface area contributed by atoms with E-state index in [1.165, 1.54) is 18.6 Å². The number of amides is 1. The van der Waals surface area contributed by atoms with Crippen molar-refractivity contribution in [2.45, 2.75) is 11.0 Å². The van der Waals surface area contributed by atoms with Crippen LogP contribution < -0.4 is 10.1 Å². The maximum absolute atomic E-state index is 12.9. The second-order valence-corrected chi connectivity index (χ2v) is 6.72. The Morgan fingerprint density at radius 3 is 2.46 bits per heavy atom. The van der Waals surface area contributed by atoms with Crippen LogP contribution in [-0.2, 0) is 15.7 Å². The third kappa shape index (κ3) is 4.80. The van der Waals surface area contributed by atoms with Crippen molar-refractivity contribution in [1.82, 2.24) is 0 Å². The number of ether oxygens (including phenoxy) is 2. The Bertz CT molecular complexity index is 823. The van der Waals surface area contributed by atoms with Crippen LogP contribution >= 0.6 is 34.5 Å². The van der Waals surface area contributed by atoms with E-state index >= 15 is 0 Å². The van der Waals surface area contributed by atoms with Gasteiger partial charge in [-0.15, -0.1) is 11.3 Å². The van der Waals surface area contributed by atoms with Crippen molar-refractivity contribution < 1.29 is 32.2 Å². The van der Waals surface area contributed by atoms with E-state index in [9.17, 15) is 22.8 Å². The Morgan fingerprint density at radius 1 is 1.19 bits per heavy atom. The zero-order valence-electron chi connectivity index (χ0n) is 12.9. The van der Waals surface area contributed by atoms with Crippen molar-refractivity contribution in [3.05, 3.63) is 40.1 Å². The number of benzene rings is 1. The highest BCUT2D eigenvalue weighted by atomic mass is 35.5. The van der Waals surface area contributed by atoms with Gasteiger partial charge in [0.15, 0.2) is 21.2 Å². The molecule has 0 saturated heterocycles. The molecule has 2 aromatic rings. The van der Waals surface area contributed by atoms with Crippen LogP contribution in [0, 0.1) is 0 Å². The summed E-state index contributed by atoms with van der Waals surface area (Å²) in [6.45, 7) is 0. The number of hydrogen-bond donors (Lipinski definition) is 1. The molecule has 0 aliphatic rings. The highest BCUT2D eigenvalue weighted by Gasteiger charge is 2.32. The number of esters is 1. The first-order valence-corrected chi connectivity index (χ1v) is 8.52. The van der Waals surface area contributed by atoms with E-state index < -0.39 is 28.5 Å². The molecule has 0 saturated carbocycles. The fourth-order valence-electron chi connectivity index (χ4n) is 1.82. The van der Waals surface area contributed by atoms with E-state index in [1.807, 2.05) is 0 Å². The fraction of sp³-hybridized carbons (Fsp3) is 0.200. The average Bonchev–Trinajstić information content (AvgIpc) is 3.02. The third-order valence-electron chi connectivity index (χ3n) is 2.98. The Labute approximate surface area is 159 Å². The van der Waals surface area contributed by atoms with Crippen molar-refractivity contribution >= 4 is 52.1 Å². The predicted molar refractivity (Wildman–Crippen MR) is 91.3 cm³/mol. The molecule has 0 aliphatic carbocycles. The second kappa shape index (κ2) is 8.15. The number of methoxy groups -OCH3 is 1. The van der Waals surface area contributed by atoms with Crippen LogP contribution in [0.15, 0.2) is 29.6 Å². The van der Waals surface area contributed by atoms with E-state index in [-0.39, 0.29) is 22.1 Å². The maximum Gasteiger partial charge on any atom is 0.416 e. The molecule has 5 nitrogen and oxygen atoms in total. The molecule has 26 heavy (non-hydrogen) atoms. The number of anilines is 1. The van der Waals surface area contributed by atoms with E-state index in [4.69, 9.17) is 27.9 Å².